The molecular weight excluding hydrogens is 442 g/mol. The summed E-state index contributed by atoms with van der Waals surface area (Å²) in [5.41, 5.74) is -2.63. The van der Waals surface area contributed by atoms with E-state index >= 15 is 0 Å². The lowest BCUT2D eigenvalue weighted by molar-refractivity contribution is -0.305. The molecule has 0 amide bonds. The molecule has 5 nitrogen and oxygen atoms in total. The number of unbranched alkanes of at least 4 members (excludes halogenated alkanes) is 2. The van der Waals surface area contributed by atoms with Crippen LogP contribution in [-0.4, -0.2) is 22.5 Å². The number of aryl methyl sites for hydroxylation is 2. The fraction of sp³-hybridized carbons (Fsp3) is 0.476. The van der Waals surface area contributed by atoms with Crippen LogP contribution < -0.4 is 9.84 Å². The van der Waals surface area contributed by atoms with Crippen molar-refractivity contribution in [2.75, 3.05) is 6.61 Å². The van der Waals surface area contributed by atoms with Gasteiger partial charge in [-0.25, -0.2) is 9.97 Å². The maximum Gasteiger partial charge on any atom is 0.416 e. The van der Waals surface area contributed by atoms with E-state index < -0.39 is 29.4 Å². The number of aliphatic carboxylic acids is 1. The Bertz CT molecular complexity index is 850. The third-order valence-electron chi connectivity index (χ3n) is 4.49. The molecular formula is C21H21F6N2O3-. The van der Waals surface area contributed by atoms with Gasteiger partial charge in [-0.3, -0.25) is 0 Å². The predicted octanol–water partition coefficient (Wildman–Crippen LogP) is 4.38. The molecule has 176 valence electrons. The van der Waals surface area contributed by atoms with Crippen molar-refractivity contribution < 1.29 is 41.0 Å². The number of hydrogen-bond donors (Lipinski definition) is 0. The van der Waals surface area contributed by atoms with Gasteiger partial charge in [0.15, 0.2) is 5.75 Å². The molecule has 0 saturated carbocycles. The van der Waals surface area contributed by atoms with Gasteiger partial charge in [0.25, 0.3) is 0 Å². The van der Waals surface area contributed by atoms with E-state index in [-0.39, 0.29) is 31.1 Å². The molecule has 0 aliphatic carbocycles. The van der Waals surface area contributed by atoms with Crippen LogP contribution in [0.15, 0.2) is 30.6 Å². The van der Waals surface area contributed by atoms with Gasteiger partial charge in [0.2, 0.25) is 0 Å². The zero-order valence-corrected chi connectivity index (χ0v) is 16.9. The van der Waals surface area contributed by atoms with Crippen molar-refractivity contribution in [2.24, 2.45) is 0 Å². The summed E-state index contributed by atoms with van der Waals surface area (Å²) in [5, 5.41) is 10.3. The highest BCUT2D eigenvalue weighted by atomic mass is 19.4. The van der Waals surface area contributed by atoms with Crippen molar-refractivity contribution in [1.29, 1.82) is 0 Å². The topological polar surface area (TPSA) is 75.1 Å². The zero-order chi connectivity index (χ0) is 23.8. The van der Waals surface area contributed by atoms with Gasteiger partial charge in [-0.2, -0.15) is 26.3 Å². The summed E-state index contributed by atoms with van der Waals surface area (Å²) in [6.45, 7) is 0.183. The molecule has 0 fully saturated rings. The van der Waals surface area contributed by atoms with Crippen molar-refractivity contribution >= 4 is 5.97 Å². The molecule has 0 spiro atoms. The first-order chi connectivity index (χ1) is 14.9. The summed E-state index contributed by atoms with van der Waals surface area (Å²) >= 11 is 0. The van der Waals surface area contributed by atoms with Gasteiger partial charge in [-0.05, 0) is 55.9 Å². The molecule has 0 atom stereocenters. The normalized spacial score (nSPS) is 12.1. The first-order valence-corrected chi connectivity index (χ1v) is 9.87. The monoisotopic (exact) mass is 463 g/mol. The van der Waals surface area contributed by atoms with Crippen LogP contribution in [0.2, 0.25) is 0 Å². The van der Waals surface area contributed by atoms with Crippen LogP contribution in [-0.2, 0) is 30.0 Å². The number of ether oxygens (including phenoxy) is 1. The Kier molecular flexibility index (Phi) is 8.85. The van der Waals surface area contributed by atoms with Gasteiger partial charge >= 0.3 is 12.4 Å². The summed E-state index contributed by atoms with van der Waals surface area (Å²) in [4.78, 5) is 18.5. The molecule has 2 aromatic rings. The van der Waals surface area contributed by atoms with E-state index in [2.05, 4.69) is 9.97 Å². The smallest absolute Gasteiger partial charge is 0.416 e. The highest BCUT2D eigenvalue weighted by molar-refractivity contribution is 5.64. The number of carboxylic acids is 1. The molecule has 0 aliphatic heterocycles. The van der Waals surface area contributed by atoms with Gasteiger partial charge in [0.1, 0.15) is 5.82 Å². The largest absolute Gasteiger partial charge is 0.550 e. The molecule has 0 N–H and O–H groups in total. The van der Waals surface area contributed by atoms with Crippen LogP contribution in [0.5, 0.6) is 5.75 Å². The van der Waals surface area contributed by atoms with E-state index in [1.54, 1.807) is 0 Å². The highest BCUT2D eigenvalue weighted by Gasteiger charge is 2.36. The van der Waals surface area contributed by atoms with Gasteiger partial charge in [-0.1, -0.05) is 6.42 Å². The lowest BCUT2D eigenvalue weighted by Gasteiger charge is -2.14. The second-order valence-corrected chi connectivity index (χ2v) is 7.13. The number of carbonyl (C=O) groups is 1. The highest BCUT2D eigenvalue weighted by Crippen LogP contribution is 2.36. The van der Waals surface area contributed by atoms with Crippen LogP contribution in [0.3, 0.4) is 0 Å². The number of aromatic nitrogens is 2. The second kappa shape index (κ2) is 11.1. The van der Waals surface area contributed by atoms with E-state index in [4.69, 9.17) is 4.74 Å². The van der Waals surface area contributed by atoms with Crippen LogP contribution in [0, 0.1) is 0 Å². The van der Waals surface area contributed by atoms with E-state index in [9.17, 15) is 36.2 Å². The predicted molar refractivity (Wildman–Crippen MR) is 99.5 cm³/mol. The number of nitrogens with zero attached hydrogens (tertiary/aromatic N) is 2. The fourth-order valence-electron chi connectivity index (χ4n) is 2.91. The minimum absolute atomic E-state index is 0.0106. The van der Waals surface area contributed by atoms with E-state index in [0.717, 1.165) is 12.1 Å². The number of rotatable bonds is 11. The molecule has 1 heterocycles. The lowest BCUT2D eigenvalue weighted by Crippen LogP contribution is -2.22. The second-order valence-electron chi connectivity index (χ2n) is 7.13. The third-order valence-corrected chi connectivity index (χ3v) is 4.49. The molecule has 2 rings (SSSR count). The van der Waals surface area contributed by atoms with Gasteiger partial charge in [0, 0.05) is 12.4 Å². The standard InChI is InChI=1S/C21H22F6N2O3/c22-20(23,24)15-9-14(10-16(11-15)21(25,26)27)5-2-1-3-6-18-28-12-17(13-29-18)32-8-4-7-19(30)31/h9-13H,1-8H2,(H,30,31)/p-1. The number of carbonyl (C=O) groups excluding carboxylic acids is 1. The molecule has 11 heteroatoms. The average Bonchev–Trinajstić information content (AvgIpc) is 2.70. The Labute approximate surface area is 180 Å². The Balaban J connectivity index is 1.79. The van der Waals surface area contributed by atoms with Crippen LogP contribution >= 0.6 is 0 Å². The van der Waals surface area contributed by atoms with Crippen LogP contribution in [0.4, 0.5) is 26.3 Å². The molecule has 0 radical (unpaired) electrons. The zero-order valence-electron chi connectivity index (χ0n) is 16.9. The lowest BCUT2D eigenvalue weighted by atomic mass is 10.00. The summed E-state index contributed by atoms with van der Waals surface area (Å²) in [6, 6.07) is 1.63. The first-order valence-electron chi connectivity index (χ1n) is 9.87. The maximum atomic E-state index is 12.9. The van der Waals surface area contributed by atoms with Crippen molar-refractivity contribution in [3.63, 3.8) is 0 Å². The minimum Gasteiger partial charge on any atom is -0.550 e. The first kappa shape index (κ1) is 25.4. The third kappa shape index (κ3) is 8.72. The number of benzene rings is 1. The van der Waals surface area contributed by atoms with Crippen molar-refractivity contribution in [2.45, 2.75) is 57.3 Å². The van der Waals surface area contributed by atoms with Crippen molar-refractivity contribution in [1.82, 2.24) is 9.97 Å². The molecule has 0 unspecified atom stereocenters. The molecule has 32 heavy (non-hydrogen) atoms. The van der Waals surface area contributed by atoms with E-state index in [1.165, 1.54) is 12.4 Å². The molecule has 1 aromatic heterocycles. The summed E-state index contributed by atoms with van der Waals surface area (Å²) in [7, 11) is 0. The Morgan fingerprint density at radius 1 is 0.844 bits per heavy atom. The number of carboxylic acid groups (broad SMARTS) is 1. The van der Waals surface area contributed by atoms with Gasteiger partial charge in [-0.15, -0.1) is 0 Å². The molecule has 1 aromatic carbocycles. The Morgan fingerprint density at radius 3 is 1.94 bits per heavy atom. The van der Waals surface area contributed by atoms with E-state index in [0.29, 0.717) is 43.7 Å². The molecule has 0 bridgehead atoms. The number of alkyl halides is 6. The van der Waals surface area contributed by atoms with Crippen molar-refractivity contribution in [3.8, 4) is 5.75 Å². The van der Waals surface area contributed by atoms with Crippen LogP contribution in [0.25, 0.3) is 0 Å². The SMILES string of the molecule is O=C([O-])CCCOc1cnc(CCCCCc2cc(C(F)(F)F)cc(C(F)(F)F)c2)nc1. The fourth-order valence-corrected chi connectivity index (χ4v) is 2.91. The summed E-state index contributed by atoms with van der Waals surface area (Å²) in [6.07, 6.45) is -4.46. The number of hydrogen-bond acceptors (Lipinski definition) is 5. The summed E-state index contributed by atoms with van der Waals surface area (Å²) in [5.74, 6) is -0.253. The Hall–Kier alpha value is -2.85. The van der Waals surface area contributed by atoms with Gasteiger partial charge < -0.3 is 14.6 Å². The quantitative estimate of drug-likeness (QED) is 0.365. The van der Waals surface area contributed by atoms with Gasteiger partial charge in [0.05, 0.1) is 30.1 Å². The Morgan fingerprint density at radius 2 is 1.41 bits per heavy atom. The summed E-state index contributed by atoms with van der Waals surface area (Å²) < 4.78 is 82.7. The molecule has 0 aliphatic rings. The van der Waals surface area contributed by atoms with Crippen LogP contribution in [0.1, 0.15) is 54.6 Å². The van der Waals surface area contributed by atoms with E-state index in [1.807, 2.05) is 0 Å². The minimum atomic E-state index is -4.85. The number of halogens is 6. The average molecular weight is 463 g/mol. The molecule has 0 saturated heterocycles. The maximum absolute atomic E-state index is 12.9. The van der Waals surface area contributed by atoms with Crippen molar-refractivity contribution in [3.05, 3.63) is 53.1 Å².